The standard InChI is InChI=1S/C16H22ClNO2/c1-11-5-4-6-12(2)18(11)16(19)15(17)13-7-9-14(20-3)10-8-13/h7-12,15H,4-6H2,1-3H3. The summed E-state index contributed by atoms with van der Waals surface area (Å²) >= 11 is 6.38. The number of hydrogen-bond acceptors (Lipinski definition) is 2. The third kappa shape index (κ3) is 3.09. The van der Waals surface area contributed by atoms with Crippen molar-refractivity contribution in [1.29, 1.82) is 0 Å². The molecule has 1 aliphatic rings. The molecule has 0 bridgehead atoms. The van der Waals surface area contributed by atoms with Crippen LogP contribution in [0.15, 0.2) is 24.3 Å². The lowest BCUT2D eigenvalue weighted by atomic mass is 9.96. The maximum atomic E-state index is 12.6. The maximum absolute atomic E-state index is 12.6. The van der Waals surface area contributed by atoms with Crippen molar-refractivity contribution in [1.82, 2.24) is 4.90 Å². The van der Waals surface area contributed by atoms with Crippen LogP contribution in [0.25, 0.3) is 0 Å². The van der Waals surface area contributed by atoms with Gasteiger partial charge in [0.2, 0.25) is 5.91 Å². The molecule has 0 saturated carbocycles. The van der Waals surface area contributed by atoms with Gasteiger partial charge in [-0.15, -0.1) is 11.6 Å². The number of rotatable bonds is 3. The van der Waals surface area contributed by atoms with Crippen LogP contribution in [-0.2, 0) is 4.79 Å². The Bertz CT molecular complexity index is 450. The summed E-state index contributed by atoms with van der Waals surface area (Å²) < 4.78 is 5.12. The fraction of sp³-hybridized carbons (Fsp3) is 0.562. The van der Waals surface area contributed by atoms with E-state index in [0.29, 0.717) is 0 Å². The molecule has 1 amide bonds. The monoisotopic (exact) mass is 295 g/mol. The van der Waals surface area contributed by atoms with Crippen LogP contribution in [0.3, 0.4) is 0 Å². The van der Waals surface area contributed by atoms with Crippen LogP contribution >= 0.6 is 11.6 Å². The first-order valence-corrected chi connectivity index (χ1v) is 7.58. The number of carbonyl (C=O) groups is 1. The first-order valence-electron chi connectivity index (χ1n) is 7.14. The predicted molar refractivity (Wildman–Crippen MR) is 81.2 cm³/mol. The molecule has 1 heterocycles. The van der Waals surface area contributed by atoms with Crippen LogP contribution in [-0.4, -0.2) is 30.0 Å². The Morgan fingerprint density at radius 2 is 1.80 bits per heavy atom. The second-order valence-corrected chi connectivity index (χ2v) is 5.95. The van der Waals surface area contributed by atoms with E-state index >= 15 is 0 Å². The molecule has 110 valence electrons. The fourth-order valence-corrected chi connectivity index (χ4v) is 3.16. The molecule has 1 aromatic rings. The fourth-order valence-electron chi connectivity index (χ4n) is 2.90. The lowest BCUT2D eigenvalue weighted by molar-refractivity contribution is -0.137. The normalized spacial score (nSPS) is 24.3. The summed E-state index contributed by atoms with van der Waals surface area (Å²) in [5.74, 6) is 0.779. The number of ether oxygens (including phenoxy) is 1. The topological polar surface area (TPSA) is 29.5 Å². The number of halogens is 1. The van der Waals surface area contributed by atoms with Crippen molar-refractivity contribution in [3.8, 4) is 5.75 Å². The highest BCUT2D eigenvalue weighted by molar-refractivity contribution is 6.30. The molecule has 2 rings (SSSR count). The Balaban J connectivity index is 2.14. The van der Waals surface area contributed by atoms with E-state index < -0.39 is 5.38 Å². The van der Waals surface area contributed by atoms with E-state index in [-0.39, 0.29) is 18.0 Å². The number of carbonyl (C=O) groups excluding carboxylic acids is 1. The minimum atomic E-state index is -0.621. The van der Waals surface area contributed by atoms with Gasteiger partial charge in [-0.3, -0.25) is 4.79 Å². The summed E-state index contributed by atoms with van der Waals surface area (Å²) in [5.41, 5.74) is 0.822. The molecule has 20 heavy (non-hydrogen) atoms. The predicted octanol–water partition coefficient (Wildman–Crippen LogP) is 3.76. The van der Waals surface area contributed by atoms with Gasteiger partial charge >= 0.3 is 0 Å². The Hall–Kier alpha value is -1.22. The van der Waals surface area contributed by atoms with Gasteiger partial charge in [0.15, 0.2) is 0 Å². The lowest BCUT2D eigenvalue weighted by Crippen LogP contribution is -2.48. The Labute approximate surface area is 125 Å². The number of benzene rings is 1. The van der Waals surface area contributed by atoms with Crippen LogP contribution in [0.1, 0.15) is 44.1 Å². The van der Waals surface area contributed by atoms with Crippen LogP contribution in [0.2, 0.25) is 0 Å². The number of methoxy groups -OCH3 is 1. The van der Waals surface area contributed by atoms with Crippen LogP contribution < -0.4 is 4.74 Å². The van der Waals surface area contributed by atoms with Gasteiger partial charge in [0.05, 0.1) is 7.11 Å². The van der Waals surface area contributed by atoms with E-state index in [1.807, 2.05) is 29.2 Å². The molecular formula is C16H22ClNO2. The second-order valence-electron chi connectivity index (χ2n) is 5.51. The van der Waals surface area contributed by atoms with E-state index in [0.717, 1.165) is 24.2 Å². The molecule has 3 nitrogen and oxygen atoms in total. The van der Waals surface area contributed by atoms with Crippen molar-refractivity contribution in [2.45, 2.75) is 50.6 Å². The van der Waals surface area contributed by atoms with Crippen molar-refractivity contribution in [3.63, 3.8) is 0 Å². The zero-order valence-electron chi connectivity index (χ0n) is 12.3. The average molecular weight is 296 g/mol. The van der Waals surface area contributed by atoms with E-state index in [1.54, 1.807) is 7.11 Å². The zero-order chi connectivity index (χ0) is 14.7. The number of nitrogens with zero attached hydrogens (tertiary/aromatic N) is 1. The van der Waals surface area contributed by atoms with Crippen molar-refractivity contribution < 1.29 is 9.53 Å². The van der Waals surface area contributed by atoms with E-state index in [9.17, 15) is 4.79 Å². The molecule has 0 spiro atoms. The largest absolute Gasteiger partial charge is 0.497 e. The number of amides is 1. The minimum Gasteiger partial charge on any atom is -0.497 e. The summed E-state index contributed by atoms with van der Waals surface area (Å²) in [6, 6.07) is 7.92. The van der Waals surface area contributed by atoms with Crippen molar-refractivity contribution in [3.05, 3.63) is 29.8 Å². The average Bonchev–Trinajstić information content (AvgIpc) is 2.46. The molecule has 3 unspecified atom stereocenters. The summed E-state index contributed by atoms with van der Waals surface area (Å²) in [6.07, 6.45) is 3.30. The molecule has 1 aliphatic heterocycles. The quantitative estimate of drug-likeness (QED) is 0.795. The molecule has 0 aromatic heterocycles. The van der Waals surface area contributed by atoms with Gasteiger partial charge < -0.3 is 9.64 Å². The molecular weight excluding hydrogens is 274 g/mol. The highest BCUT2D eigenvalue weighted by atomic mass is 35.5. The molecule has 0 aliphatic carbocycles. The number of alkyl halides is 1. The highest BCUT2D eigenvalue weighted by Crippen LogP contribution is 2.30. The second kappa shape index (κ2) is 6.49. The SMILES string of the molecule is COc1ccc(C(Cl)C(=O)N2C(C)CCCC2C)cc1. The van der Waals surface area contributed by atoms with Gasteiger partial charge in [-0.2, -0.15) is 0 Å². The van der Waals surface area contributed by atoms with Gasteiger partial charge in [0.25, 0.3) is 0 Å². The van der Waals surface area contributed by atoms with Gasteiger partial charge in [-0.25, -0.2) is 0 Å². The third-order valence-corrected chi connectivity index (χ3v) is 4.51. The van der Waals surface area contributed by atoms with Crippen LogP contribution in [0.4, 0.5) is 0 Å². The summed E-state index contributed by atoms with van der Waals surface area (Å²) in [5, 5.41) is -0.621. The Morgan fingerprint density at radius 1 is 1.25 bits per heavy atom. The molecule has 0 N–H and O–H groups in total. The molecule has 1 aromatic carbocycles. The lowest BCUT2D eigenvalue weighted by Gasteiger charge is -2.40. The van der Waals surface area contributed by atoms with E-state index in [1.165, 1.54) is 6.42 Å². The summed E-state index contributed by atoms with van der Waals surface area (Å²) in [4.78, 5) is 14.6. The van der Waals surface area contributed by atoms with Crippen molar-refractivity contribution in [2.24, 2.45) is 0 Å². The van der Waals surface area contributed by atoms with Gasteiger partial charge in [0, 0.05) is 12.1 Å². The van der Waals surface area contributed by atoms with Crippen molar-refractivity contribution in [2.75, 3.05) is 7.11 Å². The molecule has 0 radical (unpaired) electrons. The van der Waals surface area contributed by atoms with Gasteiger partial charge in [-0.05, 0) is 50.8 Å². The van der Waals surface area contributed by atoms with Crippen LogP contribution in [0.5, 0.6) is 5.75 Å². The molecule has 3 atom stereocenters. The summed E-state index contributed by atoms with van der Waals surface area (Å²) in [7, 11) is 1.62. The van der Waals surface area contributed by atoms with Gasteiger partial charge in [-0.1, -0.05) is 12.1 Å². The Kier molecular flexibility index (Phi) is 4.92. The first-order chi connectivity index (χ1) is 9.54. The number of hydrogen-bond donors (Lipinski definition) is 0. The third-order valence-electron chi connectivity index (χ3n) is 4.07. The number of likely N-dealkylation sites (tertiary alicyclic amines) is 1. The minimum absolute atomic E-state index is 0.0107. The molecule has 1 saturated heterocycles. The first kappa shape index (κ1) is 15.2. The molecule has 1 fully saturated rings. The smallest absolute Gasteiger partial charge is 0.245 e. The van der Waals surface area contributed by atoms with E-state index in [2.05, 4.69) is 13.8 Å². The Morgan fingerprint density at radius 3 is 2.30 bits per heavy atom. The summed E-state index contributed by atoms with van der Waals surface area (Å²) in [6.45, 7) is 4.20. The van der Waals surface area contributed by atoms with Crippen molar-refractivity contribution >= 4 is 17.5 Å². The molecule has 4 heteroatoms. The zero-order valence-corrected chi connectivity index (χ0v) is 13.1. The van der Waals surface area contributed by atoms with Gasteiger partial charge in [0.1, 0.15) is 11.1 Å². The number of piperidine rings is 1. The maximum Gasteiger partial charge on any atom is 0.245 e. The highest BCUT2D eigenvalue weighted by Gasteiger charge is 2.33. The van der Waals surface area contributed by atoms with E-state index in [4.69, 9.17) is 16.3 Å². The van der Waals surface area contributed by atoms with Crippen LogP contribution in [0, 0.1) is 0 Å².